The molecule has 0 saturated heterocycles. The van der Waals surface area contributed by atoms with E-state index in [2.05, 4.69) is 34.9 Å². The second-order valence-corrected chi connectivity index (χ2v) is 10.0. The molecule has 3 aromatic rings. The van der Waals surface area contributed by atoms with Gasteiger partial charge < -0.3 is 4.74 Å². The van der Waals surface area contributed by atoms with Gasteiger partial charge in [-0.3, -0.25) is 0 Å². The minimum atomic E-state index is -0.469. The number of halogens is 2. The predicted octanol–water partition coefficient (Wildman–Crippen LogP) is 6.01. The highest BCUT2D eigenvalue weighted by Gasteiger charge is 2.25. The minimum Gasteiger partial charge on any atom is -0.464 e. The Hall–Kier alpha value is -1.35. The van der Waals surface area contributed by atoms with Gasteiger partial charge in [0.2, 0.25) is 5.13 Å². The number of aromatic nitrogens is 3. The Morgan fingerprint density at radius 2 is 2.00 bits per heavy atom. The van der Waals surface area contributed by atoms with E-state index in [1.165, 1.54) is 18.4 Å². The molecule has 0 saturated carbocycles. The molecule has 0 N–H and O–H groups in total. The maximum Gasteiger partial charge on any atom is 0.358 e. The first kappa shape index (κ1) is 20.4. The maximum absolute atomic E-state index is 12.3. The van der Waals surface area contributed by atoms with Crippen molar-refractivity contribution in [1.82, 2.24) is 14.8 Å². The number of thiazole rings is 1. The molecule has 0 radical (unpaired) electrons. The van der Waals surface area contributed by atoms with Crippen LogP contribution in [-0.2, 0) is 4.74 Å². The molecule has 0 amide bonds. The van der Waals surface area contributed by atoms with E-state index in [9.17, 15) is 4.79 Å². The van der Waals surface area contributed by atoms with Crippen molar-refractivity contribution in [3.8, 4) is 16.4 Å². The number of carbonyl (C=O) groups excluding carboxylic acids is 1. The molecule has 0 aliphatic heterocycles. The summed E-state index contributed by atoms with van der Waals surface area (Å²) < 4.78 is 8.13. The van der Waals surface area contributed by atoms with E-state index in [0.29, 0.717) is 31.3 Å². The first-order valence-electron chi connectivity index (χ1n) is 8.09. The van der Waals surface area contributed by atoms with E-state index >= 15 is 0 Å². The summed E-state index contributed by atoms with van der Waals surface area (Å²) in [4.78, 5) is 17.1. The van der Waals surface area contributed by atoms with Crippen molar-refractivity contribution in [3.63, 3.8) is 0 Å². The first-order chi connectivity index (χ1) is 12.8. The van der Waals surface area contributed by atoms with E-state index in [1.807, 2.05) is 31.2 Å². The monoisotopic (exact) mass is 485 g/mol. The summed E-state index contributed by atoms with van der Waals surface area (Å²) in [7, 11) is 1.35. The van der Waals surface area contributed by atoms with Crippen molar-refractivity contribution in [3.05, 3.63) is 45.1 Å². The standard InChI is InChI=1S/C18H17BrClN3O2S2/c1-9(2)26-17-14(11-5-7-12(20)8-6-11)21-18(27-17)23-15(16(24)25-4)13(19)10(3)22-23/h5-9H,1-4H3. The van der Waals surface area contributed by atoms with Crippen LogP contribution in [0.5, 0.6) is 0 Å². The van der Waals surface area contributed by atoms with Gasteiger partial charge in [-0.2, -0.15) is 9.78 Å². The molecule has 0 unspecified atom stereocenters. The van der Waals surface area contributed by atoms with Crippen LogP contribution in [0.2, 0.25) is 5.02 Å². The van der Waals surface area contributed by atoms with Crippen LogP contribution in [0.25, 0.3) is 16.4 Å². The number of ether oxygens (including phenoxy) is 1. The SMILES string of the molecule is COC(=O)c1c(Br)c(C)nn1-c1nc(-c2ccc(Cl)cc2)c(SC(C)C)s1. The van der Waals surface area contributed by atoms with Crippen LogP contribution in [0.1, 0.15) is 30.0 Å². The lowest BCUT2D eigenvalue weighted by atomic mass is 10.2. The van der Waals surface area contributed by atoms with Crippen molar-refractivity contribution < 1.29 is 9.53 Å². The normalized spacial score (nSPS) is 11.2. The predicted molar refractivity (Wildman–Crippen MR) is 114 cm³/mol. The van der Waals surface area contributed by atoms with Crippen molar-refractivity contribution in [2.24, 2.45) is 0 Å². The molecule has 5 nitrogen and oxygen atoms in total. The molecule has 0 aliphatic carbocycles. The van der Waals surface area contributed by atoms with Gasteiger partial charge in [-0.1, -0.05) is 48.9 Å². The first-order valence-corrected chi connectivity index (χ1v) is 11.0. The highest BCUT2D eigenvalue weighted by molar-refractivity contribution is 9.10. The van der Waals surface area contributed by atoms with Gasteiger partial charge in [0.25, 0.3) is 0 Å². The van der Waals surface area contributed by atoms with Gasteiger partial charge in [0.05, 0.1) is 27.2 Å². The van der Waals surface area contributed by atoms with E-state index in [4.69, 9.17) is 21.3 Å². The van der Waals surface area contributed by atoms with Crippen LogP contribution >= 0.6 is 50.6 Å². The van der Waals surface area contributed by atoms with Gasteiger partial charge in [0, 0.05) is 15.8 Å². The van der Waals surface area contributed by atoms with Gasteiger partial charge in [0.1, 0.15) is 0 Å². The van der Waals surface area contributed by atoms with Crippen LogP contribution in [0, 0.1) is 6.92 Å². The fourth-order valence-corrected chi connectivity index (χ4v) is 5.40. The number of hydrogen-bond donors (Lipinski definition) is 0. The molecular formula is C18H17BrClN3O2S2. The summed E-state index contributed by atoms with van der Waals surface area (Å²) in [5.41, 5.74) is 2.84. The molecule has 0 aliphatic rings. The largest absolute Gasteiger partial charge is 0.464 e. The van der Waals surface area contributed by atoms with Gasteiger partial charge in [0.15, 0.2) is 5.69 Å². The molecule has 27 heavy (non-hydrogen) atoms. The summed E-state index contributed by atoms with van der Waals surface area (Å²) in [6.45, 7) is 6.08. The van der Waals surface area contributed by atoms with Gasteiger partial charge >= 0.3 is 5.97 Å². The van der Waals surface area contributed by atoms with Crippen LogP contribution in [-0.4, -0.2) is 33.1 Å². The third kappa shape index (κ3) is 4.23. The summed E-state index contributed by atoms with van der Waals surface area (Å²) in [6.07, 6.45) is 0. The molecule has 142 valence electrons. The summed E-state index contributed by atoms with van der Waals surface area (Å²) in [5, 5.41) is 6.14. The van der Waals surface area contributed by atoms with Crippen molar-refractivity contribution in [1.29, 1.82) is 0 Å². The molecule has 0 bridgehead atoms. The fraction of sp³-hybridized carbons (Fsp3) is 0.278. The van der Waals surface area contributed by atoms with Crippen LogP contribution in [0.4, 0.5) is 0 Å². The number of aryl methyl sites for hydroxylation is 1. The second kappa shape index (κ2) is 8.34. The van der Waals surface area contributed by atoms with Crippen molar-refractivity contribution in [2.75, 3.05) is 7.11 Å². The number of esters is 1. The third-order valence-corrected chi connectivity index (χ3v) is 7.04. The van der Waals surface area contributed by atoms with Crippen LogP contribution in [0.3, 0.4) is 0 Å². The molecular weight excluding hydrogens is 470 g/mol. The molecule has 0 atom stereocenters. The molecule has 3 rings (SSSR count). The van der Waals surface area contributed by atoms with Crippen molar-refractivity contribution >= 4 is 56.6 Å². The van der Waals surface area contributed by atoms with Crippen molar-refractivity contribution in [2.45, 2.75) is 30.2 Å². The number of benzene rings is 1. The lowest BCUT2D eigenvalue weighted by Crippen LogP contribution is -2.10. The number of carbonyl (C=O) groups is 1. The Kier molecular flexibility index (Phi) is 6.30. The Morgan fingerprint density at radius 3 is 2.59 bits per heavy atom. The minimum absolute atomic E-state index is 0.326. The highest BCUT2D eigenvalue weighted by Crippen LogP contribution is 2.40. The molecule has 0 fully saturated rings. The fourth-order valence-electron chi connectivity index (χ4n) is 2.39. The lowest BCUT2D eigenvalue weighted by molar-refractivity contribution is 0.0589. The topological polar surface area (TPSA) is 57.0 Å². The molecule has 1 aromatic carbocycles. The number of thioether (sulfide) groups is 1. The molecule has 2 heterocycles. The number of rotatable bonds is 5. The Morgan fingerprint density at radius 1 is 1.33 bits per heavy atom. The molecule has 0 spiro atoms. The van der Waals surface area contributed by atoms with E-state index in [-0.39, 0.29) is 0 Å². The average molecular weight is 487 g/mol. The zero-order chi connectivity index (χ0) is 19.7. The maximum atomic E-state index is 12.3. The smallest absolute Gasteiger partial charge is 0.358 e. The van der Waals surface area contributed by atoms with Gasteiger partial charge in [-0.15, -0.1) is 11.8 Å². The summed E-state index contributed by atoms with van der Waals surface area (Å²) in [5.74, 6) is -0.469. The number of nitrogens with zero attached hydrogens (tertiary/aromatic N) is 3. The lowest BCUT2D eigenvalue weighted by Gasteiger charge is -2.04. The highest BCUT2D eigenvalue weighted by atomic mass is 79.9. The van der Waals surface area contributed by atoms with E-state index in [0.717, 1.165) is 15.5 Å². The Labute approximate surface area is 179 Å². The van der Waals surface area contributed by atoms with E-state index in [1.54, 1.807) is 16.4 Å². The number of hydrogen-bond acceptors (Lipinski definition) is 6. The summed E-state index contributed by atoms with van der Waals surface area (Å²) >= 11 is 12.7. The zero-order valence-electron chi connectivity index (χ0n) is 15.1. The van der Waals surface area contributed by atoms with Gasteiger partial charge in [-0.25, -0.2) is 9.78 Å². The quantitative estimate of drug-likeness (QED) is 0.327. The Balaban J connectivity index is 2.17. The average Bonchev–Trinajstić information content (AvgIpc) is 3.16. The number of methoxy groups -OCH3 is 1. The molecule has 9 heteroatoms. The Bertz CT molecular complexity index is 983. The van der Waals surface area contributed by atoms with Crippen LogP contribution in [0.15, 0.2) is 32.9 Å². The van der Waals surface area contributed by atoms with Gasteiger partial charge in [-0.05, 0) is 35.0 Å². The van der Waals surface area contributed by atoms with Crippen LogP contribution < -0.4 is 0 Å². The molecule has 2 aromatic heterocycles. The van der Waals surface area contributed by atoms with E-state index < -0.39 is 5.97 Å². The second-order valence-electron chi connectivity index (χ2n) is 5.96. The summed E-state index contributed by atoms with van der Waals surface area (Å²) in [6, 6.07) is 7.57. The third-order valence-electron chi connectivity index (χ3n) is 3.59. The zero-order valence-corrected chi connectivity index (χ0v) is 19.1.